The number of hydrogen-bond acceptors (Lipinski definition) is 5. The highest BCUT2D eigenvalue weighted by Crippen LogP contribution is 2.27. The summed E-state index contributed by atoms with van der Waals surface area (Å²) in [4.78, 5) is 16.9. The number of piperazine rings is 1. The molecule has 1 saturated heterocycles. The van der Waals surface area contributed by atoms with Crippen molar-refractivity contribution in [1.82, 2.24) is 4.90 Å². The summed E-state index contributed by atoms with van der Waals surface area (Å²) in [7, 11) is 1.60. The van der Waals surface area contributed by atoms with E-state index in [-0.39, 0.29) is 12.5 Å². The molecule has 1 aliphatic heterocycles. The average Bonchev–Trinajstić information content (AvgIpc) is 3.27. The molecule has 0 bridgehead atoms. The maximum absolute atomic E-state index is 12.8. The second kappa shape index (κ2) is 8.73. The first-order valence-corrected chi connectivity index (χ1v) is 9.68. The molecule has 1 fully saturated rings. The topological polar surface area (TPSA) is 55.2 Å². The third-order valence-electron chi connectivity index (χ3n) is 5.00. The van der Waals surface area contributed by atoms with Gasteiger partial charge in [0, 0.05) is 31.9 Å². The zero-order valence-corrected chi connectivity index (χ0v) is 16.4. The summed E-state index contributed by atoms with van der Waals surface area (Å²) in [5, 5.41) is 0. The van der Waals surface area contributed by atoms with Crippen molar-refractivity contribution in [2.45, 2.75) is 6.61 Å². The van der Waals surface area contributed by atoms with Crippen LogP contribution in [0.15, 0.2) is 71.1 Å². The molecular weight excluding hydrogens is 368 g/mol. The first-order valence-electron chi connectivity index (χ1n) is 9.68. The molecule has 0 aliphatic carbocycles. The SMILES string of the molecule is COc1ccccc1OCc1ccc(C(=O)N2CCN(c3ccccc3)CC2)o1. The number of anilines is 1. The van der Waals surface area contributed by atoms with E-state index < -0.39 is 0 Å². The molecule has 1 aromatic heterocycles. The molecule has 2 aromatic carbocycles. The predicted molar refractivity (Wildman–Crippen MR) is 111 cm³/mol. The second-order valence-electron chi connectivity index (χ2n) is 6.82. The number of amides is 1. The number of ether oxygens (including phenoxy) is 2. The van der Waals surface area contributed by atoms with E-state index in [2.05, 4.69) is 17.0 Å². The Hall–Kier alpha value is -3.41. The first-order chi connectivity index (χ1) is 14.2. The van der Waals surface area contributed by atoms with Gasteiger partial charge in [-0.3, -0.25) is 4.79 Å². The third-order valence-corrected chi connectivity index (χ3v) is 5.00. The normalized spacial score (nSPS) is 14.0. The summed E-state index contributed by atoms with van der Waals surface area (Å²) in [6, 6.07) is 21.2. The molecule has 0 radical (unpaired) electrons. The molecule has 0 spiro atoms. The summed E-state index contributed by atoms with van der Waals surface area (Å²) in [6.07, 6.45) is 0. The minimum Gasteiger partial charge on any atom is -0.493 e. The molecule has 0 unspecified atom stereocenters. The number of nitrogens with zero attached hydrogens (tertiary/aromatic N) is 2. The molecule has 29 heavy (non-hydrogen) atoms. The van der Waals surface area contributed by atoms with E-state index in [1.807, 2.05) is 47.4 Å². The van der Waals surface area contributed by atoms with Crippen molar-refractivity contribution in [2.24, 2.45) is 0 Å². The Bertz CT molecular complexity index is 946. The van der Waals surface area contributed by atoms with E-state index >= 15 is 0 Å². The lowest BCUT2D eigenvalue weighted by Crippen LogP contribution is -2.48. The first kappa shape index (κ1) is 18.9. The molecule has 6 heteroatoms. The summed E-state index contributed by atoms with van der Waals surface area (Å²) >= 11 is 0. The molecule has 3 aromatic rings. The largest absolute Gasteiger partial charge is 0.493 e. The highest BCUT2D eigenvalue weighted by atomic mass is 16.5. The van der Waals surface area contributed by atoms with Crippen molar-refractivity contribution in [3.63, 3.8) is 0 Å². The van der Waals surface area contributed by atoms with Crippen molar-refractivity contribution in [1.29, 1.82) is 0 Å². The fourth-order valence-electron chi connectivity index (χ4n) is 3.42. The molecule has 0 atom stereocenters. The monoisotopic (exact) mass is 392 g/mol. The van der Waals surface area contributed by atoms with Crippen LogP contribution >= 0.6 is 0 Å². The molecular formula is C23H24N2O4. The van der Waals surface area contributed by atoms with Crippen molar-refractivity contribution >= 4 is 11.6 Å². The van der Waals surface area contributed by atoms with Gasteiger partial charge in [0.1, 0.15) is 12.4 Å². The van der Waals surface area contributed by atoms with E-state index in [4.69, 9.17) is 13.9 Å². The van der Waals surface area contributed by atoms with Gasteiger partial charge in [-0.1, -0.05) is 30.3 Å². The quantitative estimate of drug-likeness (QED) is 0.638. The van der Waals surface area contributed by atoms with E-state index in [1.165, 1.54) is 5.69 Å². The van der Waals surface area contributed by atoms with Crippen LogP contribution in [0.25, 0.3) is 0 Å². The van der Waals surface area contributed by atoms with Crippen LogP contribution in [0, 0.1) is 0 Å². The van der Waals surface area contributed by atoms with Crippen molar-refractivity contribution in [2.75, 3.05) is 38.2 Å². The van der Waals surface area contributed by atoms with Crippen LogP contribution in [0.1, 0.15) is 16.3 Å². The van der Waals surface area contributed by atoms with Gasteiger partial charge in [0.15, 0.2) is 17.3 Å². The van der Waals surface area contributed by atoms with Gasteiger partial charge < -0.3 is 23.7 Å². The third kappa shape index (κ3) is 4.37. The lowest BCUT2D eigenvalue weighted by Gasteiger charge is -2.35. The van der Waals surface area contributed by atoms with Crippen molar-refractivity contribution in [3.05, 3.63) is 78.3 Å². The van der Waals surface area contributed by atoms with Crippen LogP contribution in [0.5, 0.6) is 11.5 Å². The number of carbonyl (C=O) groups is 1. The van der Waals surface area contributed by atoms with Gasteiger partial charge in [-0.25, -0.2) is 0 Å². The van der Waals surface area contributed by atoms with Gasteiger partial charge >= 0.3 is 0 Å². The Balaban J connectivity index is 1.33. The Labute approximate surface area is 170 Å². The number of para-hydroxylation sites is 3. The Morgan fingerprint density at radius 3 is 2.31 bits per heavy atom. The molecule has 1 aliphatic rings. The minimum absolute atomic E-state index is 0.0822. The standard InChI is InChI=1S/C23H24N2O4/c1-27-20-9-5-6-10-21(20)28-17-19-11-12-22(29-19)23(26)25-15-13-24(14-16-25)18-7-3-2-4-8-18/h2-12H,13-17H2,1H3. The molecule has 150 valence electrons. The Kier molecular flexibility index (Phi) is 5.70. The second-order valence-corrected chi connectivity index (χ2v) is 6.82. The molecule has 4 rings (SSSR count). The number of methoxy groups -OCH3 is 1. The van der Waals surface area contributed by atoms with Gasteiger partial charge in [-0.15, -0.1) is 0 Å². The number of hydrogen-bond donors (Lipinski definition) is 0. The smallest absolute Gasteiger partial charge is 0.289 e. The van der Waals surface area contributed by atoms with Crippen LogP contribution in [0.2, 0.25) is 0 Å². The van der Waals surface area contributed by atoms with Crippen LogP contribution in [0.4, 0.5) is 5.69 Å². The molecule has 2 heterocycles. The van der Waals surface area contributed by atoms with Crippen molar-refractivity contribution in [3.8, 4) is 11.5 Å². The maximum atomic E-state index is 12.8. The predicted octanol–water partition coefficient (Wildman–Crippen LogP) is 3.83. The zero-order valence-electron chi connectivity index (χ0n) is 16.4. The number of benzene rings is 2. The highest BCUT2D eigenvalue weighted by Gasteiger charge is 2.24. The minimum atomic E-state index is -0.0822. The number of rotatable bonds is 6. The molecule has 1 amide bonds. The molecule has 0 saturated carbocycles. The molecule has 0 N–H and O–H groups in total. The lowest BCUT2D eigenvalue weighted by molar-refractivity contribution is 0.0710. The molecule has 6 nitrogen and oxygen atoms in total. The van der Waals surface area contributed by atoms with E-state index in [9.17, 15) is 4.79 Å². The average molecular weight is 392 g/mol. The van der Waals surface area contributed by atoms with Crippen LogP contribution in [0.3, 0.4) is 0 Å². The Morgan fingerprint density at radius 1 is 0.897 bits per heavy atom. The number of carbonyl (C=O) groups excluding carboxylic acids is 1. The van der Waals surface area contributed by atoms with Gasteiger partial charge in [-0.05, 0) is 36.4 Å². The summed E-state index contributed by atoms with van der Waals surface area (Å²) in [5.41, 5.74) is 1.19. The summed E-state index contributed by atoms with van der Waals surface area (Å²) in [6.45, 7) is 3.18. The van der Waals surface area contributed by atoms with E-state index in [1.54, 1.807) is 19.2 Å². The lowest BCUT2D eigenvalue weighted by atomic mass is 10.2. The fraction of sp³-hybridized carbons (Fsp3) is 0.261. The van der Waals surface area contributed by atoms with Gasteiger partial charge in [0.25, 0.3) is 5.91 Å². The van der Waals surface area contributed by atoms with Gasteiger partial charge in [0.05, 0.1) is 7.11 Å². The van der Waals surface area contributed by atoms with E-state index in [0.717, 1.165) is 13.1 Å². The van der Waals surface area contributed by atoms with Crippen molar-refractivity contribution < 1.29 is 18.7 Å². The van der Waals surface area contributed by atoms with Gasteiger partial charge in [0.2, 0.25) is 0 Å². The van der Waals surface area contributed by atoms with E-state index in [0.29, 0.717) is 36.1 Å². The summed E-state index contributed by atoms with van der Waals surface area (Å²) < 4.78 is 16.8. The Morgan fingerprint density at radius 2 is 1.59 bits per heavy atom. The number of furan rings is 1. The maximum Gasteiger partial charge on any atom is 0.289 e. The van der Waals surface area contributed by atoms with Crippen LogP contribution < -0.4 is 14.4 Å². The van der Waals surface area contributed by atoms with Crippen LogP contribution in [-0.4, -0.2) is 44.1 Å². The van der Waals surface area contributed by atoms with Gasteiger partial charge in [-0.2, -0.15) is 0 Å². The fourth-order valence-corrected chi connectivity index (χ4v) is 3.42. The zero-order chi connectivity index (χ0) is 20.1. The highest BCUT2D eigenvalue weighted by molar-refractivity contribution is 5.91. The summed E-state index contributed by atoms with van der Waals surface area (Å²) in [5.74, 6) is 2.16. The van der Waals surface area contributed by atoms with Crippen LogP contribution in [-0.2, 0) is 6.61 Å².